The van der Waals surface area contributed by atoms with Gasteiger partial charge in [-0.3, -0.25) is 0 Å². The molecule has 0 fully saturated rings. The van der Waals surface area contributed by atoms with E-state index >= 15 is 0 Å². The summed E-state index contributed by atoms with van der Waals surface area (Å²) in [6.45, 7) is 2.45. The first-order valence-corrected chi connectivity index (χ1v) is 4.56. The SMILES string of the molecule is CNC[C@@H](F)Cc1cccc(C)c1. The van der Waals surface area contributed by atoms with E-state index in [-0.39, 0.29) is 0 Å². The molecule has 1 N–H and O–H groups in total. The summed E-state index contributed by atoms with van der Waals surface area (Å²) in [5.74, 6) is 0. The Labute approximate surface area is 79.0 Å². The summed E-state index contributed by atoms with van der Waals surface area (Å²) in [6, 6.07) is 7.99. The molecule has 2 heteroatoms. The van der Waals surface area contributed by atoms with Crippen LogP contribution in [0.5, 0.6) is 0 Å². The van der Waals surface area contributed by atoms with Crippen LogP contribution < -0.4 is 5.32 Å². The summed E-state index contributed by atoms with van der Waals surface area (Å²) in [4.78, 5) is 0. The zero-order valence-electron chi connectivity index (χ0n) is 8.18. The fourth-order valence-corrected chi connectivity index (χ4v) is 1.39. The Morgan fingerprint density at radius 3 is 2.85 bits per heavy atom. The summed E-state index contributed by atoms with van der Waals surface area (Å²) >= 11 is 0. The minimum atomic E-state index is -0.785. The zero-order valence-corrected chi connectivity index (χ0v) is 8.18. The van der Waals surface area contributed by atoms with Crippen molar-refractivity contribution in [1.82, 2.24) is 5.32 Å². The monoisotopic (exact) mass is 181 g/mol. The summed E-state index contributed by atoms with van der Waals surface area (Å²) < 4.78 is 13.2. The van der Waals surface area contributed by atoms with Crippen molar-refractivity contribution >= 4 is 0 Å². The van der Waals surface area contributed by atoms with E-state index in [2.05, 4.69) is 5.32 Å². The molecule has 1 rings (SSSR count). The van der Waals surface area contributed by atoms with E-state index in [1.54, 1.807) is 7.05 Å². The molecule has 0 amide bonds. The molecular formula is C11H16FN. The summed E-state index contributed by atoms with van der Waals surface area (Å²) in [5.41, 5.74) is 2.26. The number of aryl methyl sites for hydroxylation is 1. The molecule has 1 atom stereocenters. The van der Waals surface area contributed by atoms with Crippen LogP contribution in [-0.4, -0.2) is 19.8 Å². The summed E-state index contributed by atoms with van der Waals surface area (Å²) in [6.07, 6.45) is -0.283. The minimum Gasteiger partial charge on any atom is -0.317 e. The van der Waals surface area contributed by atoms with Crippen LogP contribution in [0.25, 0.3) is 0 Å². The molecule has 0 unspecified atom stereocenters. The van der Waals surface area contributed by atoms with Gasteiger partial charge in [0.1, 0.15) is 6.17 Å². The topological polar surface area (TPSA) is 12.0 Å². The molecule has 0 aliphatic rings. The van der Waals surface area contributed by atoms with Gasteiger partial charge in [0.05, 0.1) is 0 Å². The highest BCUT2D eigenvalue weighted by atomic mass is 19.1. The van der Waals surface area contributed by atoms with Gasteiger partial charge in [-0.1, -0.05) is 29.8 Å². The molecule has 0 heterocycles. The van der Waals surface area contributed by atoms with E-state index < -0.39 is 6.17 Å². The highest BCUT2D eigenvalue weighted by Gasteiger charge is 2.05. The molecule has 13 heavy (non-hydrogen) atoms. The molecule has 0 aliphatic heterocycles. The lowest BCUT2D eigenvalue weighted by Gasteiger charge is -2.07. The van der Waals surface area contributed by atoms with Gasteiger partial charge in [0.2, 0.25) is 0 Å². The number of nitrogens with one attached hydrogen (secondary N) is 1. The van der Waals surface area contributed by atoms with Gasteiger partial charge in [-0.05, 0) is 19.5 Å². The number of benzene rings is 1. The minimum absolute atomic E-state index is 0.425. The lowest BCUT2D eigenvalue weighted by molar-refractivity contribution is 0.324. The van der Waals surface area contributed by atoms with E-state index in [0.717, 1.165) is 5.56 Å². The van der Waals surface area contributed by atoms with Gasteiger partial charge in [-0.2, -0.15) is 0 Å². The predicted molar refractivity (Wildman–Crippen MR) is 53.7 cm³/mol. The Hall–Kier alpha value is -0.890. The number of halogens is 1. The normalized spacial score (nSPS) is 12.8. The average Bonchev–Trinajstić information content (AvgIpc) is 2.04. The van der Waals surface area contributed by atoms with Crippen LogP contribution in [-0.2, 0) is 6.42 Å². The fourth-order valence-electron chi connectivity index (χ4n) is 1.39. The quantitative estimate of drug-likeness (QED) is 0.750. The first-order chi connectivity index (χ1) is 6.22. The van der Waals surface area contributed by atoms with Crippen LogP contribution in [0.4, 0.5) is 4.39 Å². The lowest BCUT2D eigenvalue weighted by atomic mass is 10.1. The number of alkyl halides is 1. The second-order valence-corrected chi connectivity index (χ2v) is 3.35. The average molecular weight is 181 g/mol. The molecular weight excluding hydrogens is 165 g/mol. The first kappa shape index (κ1) is 10.2. The van der Waals surface area contributed by atoms with Gasteiger partial charge in [0.15, 0.2) is 0 Å². The molecule has 0 saturated heterocycles. The molecule has 0 saturated carbocycles. The smallest absolute Gasteiger partial charge is 0.116 e. The van der Waals surface area contributed by atoms with Crippen LogP contribution >= 0.6 is 0 Å². The second-order valence-electron chi connectivity index (χ2n) is 3.35. The van der Waals surface area contributed by atoms with E-state index in [1.807, 2.05) is 31.2 Å². The third-order valence-corrected chi connectivity index (χ3v) is 1.97. The van der Waals surface area contributed by atoms with Crippen LogP contribution in [0.3, 0.4) is 0 Å². The fraction of sp³-hybridized carbons (Fsp3) is 0.455. The highest BCUT2D eigenvalue weighted by Crippen LogP contribution is 2.08. The van der Waals surface area contributed by atoms with Crippen molar-refractivity contribution in [2.24, 2.45) is 0 Å². The van der Waals surface area contributed by atoms with Crippen LogP contribution in [0.15, 0.2) is 24.3 Å². The maximum atomic E-state index is 13.2. The molecule has 0 spiro atoms. The Morgan fingerprint density at radius 1 is 1.46 bits per heavy atom. The van der Waals surface area contributed by atoms with Crippen molar-refractivity contribution in [3.63, 3.8) is 0 Å². The van der Waals surface area contributed by atoms with Crippen molar-refractivity contribution in [2.75, 3.05) is 13.6 Å². The maximum absolute atomic E-state index is 13.2. The number of hydrogen-bond donors (Lipinski definition) is 1. The first-order valence-electron chi connectivity index (χ1n) is 4.56. The van der Waals surface area contributed by atoms with Crippen LogP contribution in [0, 0.1) is 6.92 Å². The molecule has 1 aromatic rings. The summed E-state index contributed by atoms with van der Waals surface area (Å²) in [5, 5.41) is 2.83. The van der Waals surface area contributed by atoms with Crippen molar-refractivity contribution < 1.29 is 4.39 Å². The molecule has 0 aromatic heterocycles. The van der Waals surface area contributed by atoms with E-state index in [9.17, 15) is 4.39 Å². The van der Waals surface area contributed by atoms with E-state index in [4.69, 9.17) is 0 Å². The molecule has 72 valence electrons. The largest absolute Gasteiger partial charge is 0.317 e. The molecule has 1 aromatic carbocycles. The Kier molecular flexibility index (Phi) is 3.90. The Bertz CT molecular complexity index is 260. The third-order valence-electron chi connectivity index (χ3n) is 1.97. The Balaban J connectivity index is 2.53. The summed E-state index contributed by atoms with van der Waals surface area (Å²) in [7, 11) is 1.77. The highest BCUT2D eigenvalue weighted by molar-refractivity contribution is 5.22. The van der Waals surface area contributed by atoms with Gasteiger partial charge in [-0.25, -0.2) is 4.39 Å². The van der Waals surface area contributed by atoms with Crippen LogP contribution in [0.1, 0.15) is 11.1 Å². The Morgan fingerprint density at radius 2 is 2.23 bits per heavy atom. The molecule has 0 radical (unpaired) electrons. The predicted octanol–water partition coefficient (Wildman–Crippen LogP) is 2.10. The number of hydrogen-bond acceptors (Lipinski definition) is 1. The zero-order chi connectivity index (χ0) is 9.68. The van der Waals surface area contributed by atoms with Crippen molar-refractivity contribution in [1.29, 1.82) is 0 Å². The van der Waals surface area contributed by atoms with Crippen molar-refractivity contribution in [3.8, 4) is 0 Å². The van der Waals surface area contributed by atoms with Crippen molar-refractivity contribution in [2.45, 2.75) is 19.5 Å². The van der Waals surface area contributed by atoms with Gasteiger partial charge < -0.3 is 5.32 Å². The third kappa shape index (κ3) is 3.55. The van der Waals surface area contributed by atoms with Gasteiger partial charge >= 0.3 is 0 Å². The maximum Gasteiger partial charge on any atom is 0.116 e. The van der Waals surface area contributed by atoms with E-state index in [1.165, 1.54) is 5.56 Å². The molecule has 0 bridgehead atoms. The van der Waals surface area contributed by atoms with E-state index in [0.29, 0.717) is 13.0 Å². The van der Waals surface area contributed by atoms with Crippen LogP contribution in [0.2, 0.25) is 0 Å². The lowest BCUT2D eigenvalue weighted by Crippen LogP contribution is -2.21. The second kappa shape index (κ2) is 4.97. The van der Waals surface area contributed by atoms with Gasteiger partial charge in [0.25, 0.3) is 0 Å². The number of rotatable bonds is 4. The van der Waals surface area contributed by atoms with Gasteiger partial charge in [-0.15, -0.1) is 0 Å². The van der Waals surface area contributed by atoms with Gasteiger partial charge in [0, 0.05) is 13.0 Å². The molecule has 0 aliphatic carbocycles. The van der Waals surface area contributed by atoms with Crippen molar-refractivity contribution in [3.05, 3.63) is 35.4 Å². The molecule has 1 nitrogen and oxygen atoms in total. The standard InChI is InChI=1S/C11H16FN/c1-9-4-3-5-10(6-9)7-11(12)8-13-2/h3-6,11,13H,7-8H2,1-2H3/t11-/m0/s1.